The summed E-state index contributed by atoms with van der Waals surface area (Å²) in [5, 5.41) is 6.52. The molecule has 0 saturated carbocycles. The first kappa shape index (κ1) is 12.9. The highest BCUT2D eigenvalue weighted by molar-refractivity contribution is 6.42. The lowest BCUT2D eigenvalue weighted by Crippen LogP contribution is -2.41. The Morgan fingerprint density at radius 3 is 2.83 bits per heavy atom. The molecule has 96 valence electrons. The summed E-state index contributed by atoms with van der Waals surface area (Å²) in [4.78, 5) is 10.7. The summed E-state index contributed by atoms with van der Waals surface area (Å²) < 4.78 is 0. The average molecular weight is 288 g/mol. The number of amides is 1. The molecule has 0 unspecified atom stereocenters. The number of benzene rings is 1. The second kappa shape index (κ2) is 5.43. The number of amidine groups is 1. The molecule has 1 aromatic carbocycles. The molecule has 0 fully saturated rings. The van der Waals surface area contributed by atoms with Crippen molar-refractivity contribution in [3.05, 3.63) is 33.8 Å². The highest BCUT2D eigenvalue weighted by Crippen LogP contribution is 2.23. The maximum absolute atomic E-state index is 10.7. The van der Waals surface area contributed by atoms with Gasteiger partial charge in [-0.2, -0.15) is 0 Å². The highest BCUT2D eigenvalue weighted by Gasteiger charge is 2.16. The van der Waals surface area contributed by atoms with Gasteiger partial charge in [-0.15, -0.1) is 10.2 Å². The van der Waals surface area contributed by atoms with Crippen LogP contribution in [-0.2, 0) is 11.3 Å². The van der Waals surface area contributed by atoms with Crippen molar-refractivity contribution in [3.63, 3.8) is 0 Å². The standard InChI is InChI=1S/C10H11Cl2N5O/c11-7-2-1-6(3-8(7)12)5-17-15-10(14-16-17)4-9(13)18/h1-3,16H,4-5H2,(H2,13,18)(H,14,15). The van der Waals surface area contributed by atoms with E-state index in [1.54, 1.807) is 17.3 Å². The van der Waals surface area contributed by atoms with Crippen molar-refractivity contribution < 1.29 is 4.79 Å². The van der Waals surface area contributed by atoms with E-state index < -0.39 is 5.91 Å². The number of hydrazine groups is 2. The van der Waals surface area contributed by atoms with E-state index in [-0.39, 0.29) is 6.42 Å². The Kier molecular flexibility index (Phi) is 3.90. The Hall–Kier alpha value is -1.50. The van der Waals surface area contributed by atoms with Gasteiger partial charge >= 0.3 is 0 Å². The Morgan fingerprint density at radius 2 is 2.17 bits per heavy atom. The van der Waals surface area contributed by atoms with Crippen LogP contribution in [0.2, 0.25) is 10.0 Å². The number of primary amides is 1. The molecular weight excluding hydrogens is 277 g/mol. The summed E-state index contributed by atoms with van der Waals surface area (Å²) in [5.41, 5.74) is 11.6. The number of hydrogen-bond acceptors (Lipinski definition) is 5. The maximum atomic E-state index is 10.7. The molecular formula is C10H11Cl2N5O. The summed E-state index contributed by atoms with van der Waals surface area (Å²) in [5.74, 6) is 0.0296. The predicted molar refractivity (Wildman–Crippen MR) is 69.5 cm³/mol. The molecule has 1 aliphatic heterocycles. The topological polar surface area (TPSA) is 82.8 Å². The molecule has 0 aliphatic carbocycles. The lowest BCUT2D eigenvalue weighted by molar-refractivity contribution is -0.116. The number of hydrazone groups is 1. The molecule has 6 nitrogen and oxygen atoms in total. The van der Waals surface area contributed by atoms with Gasteiger partial charge in [0.05, 0.1) is 23.0 Å². The first-order valence-electron chi connectivity index (χ1n) is 5.13. The van der Waals surface area contributed by atoms with Crippen LogP contribution in [-0.4, -0.2) is 16.9 Å². The molecule has 4 N–H and O–H groups in total. The molecule has 0 saturated heterocycles. The number of halogens is 2. The average Bonchev–Trinajstić information content (AvgIpc) is 2.70. The van der Waals surface area contributed by atoms with E-state index in [1.165, 1.54) is 0 Å². The minimum Gasteiger partial charge on any atom is -0.369 e. The molecule has 8 heteroatoms. The van der Waals surface area contributed by atoms with Crippen molar-refractivity contribution in [3.8, 4) is 0 Å². The number of rotatable bonds is 4. The zero-order valence-electron chi connectivity index (χ0n) is 9.28. The zero-order chi connectivity index (χ0) is 13.1. The van der Waals surface area contributed by atoms with Crippen LogP contribution >= 0.6 is 23.2 Å². The lowest BCUT2D eigenvalue weighted by Gasteiger charge is -2.15. The fourth-order valence-corrected chi connectivity index (χ4v) is 1.79. The molecule has 0 aromatic heterocycles. The second-order valence-corrected chi connectivity index (χ2v) is 4.56. The van der Waals surface area contributed by atoms with Gasteiger partial charge in [0.15, 0.2) is 0 Å². The highest BCUT2D eigenvalue weighted by atomic mass is 35.5. The largest absolute Gasteiger partial charge is 0.369 e. The Bertz CT molecular complexity index is 505. The van der Waals surface area contributed by atoms with E-state index in [2.05, 4.69) is 16.1 Å². The predicted octanol–water partition coefficient (Wildman–Crippen LogP) is 1.01. The van der Waals surface area contributed by atoms with E-state index in [0.29, 0.717) is 22.4 Å². The van der Waals surface area contributed by atoms with Crippen LogP contribution in [0.25, 0.3) is 0 Å². The van der Waals surface area contributed by atoms with Gasteiger partial charge in [0.25, 0.3) is 0 Å². The molecule has 1 amide bonds. The van der Waals surface area contributed by atoms with Gasteiger partial charge in [0.1, 0.15) is 5.84 Å². The number of hydrogen-bond donors (Lipinski definition) is 3. The summed E-state index contributed by atoms with van der Waals surface area (Å²) in [6.45, 7) is 0.503. The van der Waals surface area contributed by atoms with E-state index in [9.17, 15) is 4.79 Å². The Balaban J connectivity index is 1.92. The quantitative estimate of drug-likeness (QED) is 0.772. The van der Waals surface area contributed by atoms with E-state index >= 15 is 0 Å². The van der Waals surface area contributed by atoms with Crippen LogP contribution in [0, 0.1) is 0 Å². The SMILES string of the molecule is NC(=O)CC1=NNN(Cc2ccc(Cl)c(Cl)c2)N1. The van der Waals surface area contributed by atoms with Gasteiger partial charge in [0, 0.05) is 0 Å². The van der Waals surface area contributed by atoms with Crippen molar-refractivity contribution in [2.24, 2.45) is 10.8 Å². The lowest BCUT2D eigenvalue weighted by atomic mass is 10.2. The fraction of sp³-hybridized carbons (Fsp3) is 0.200. The molecule has 1 heterocycles. The van der Waals surface area contributed by atoms with Crippen LogP contribution < -0.4 is 16.7 Å². The van der Waals surface area contributed by atoms with E-state index in [4.69, 9.17) is 28.9 Å². The second-order valence-electron chi connectivity index (χ2n) is 3.75. The third-order valence-electron chi connectivity index (χ3n) is 2.24. The van der Waals surface area contributed by atoms with Crippen molar-refractivity contribution in [1.82, 2.24) is 16.1 Å². The molecule has 2 rings (SSSR count). The summed E-state index contributed by atoms with van der Waals surface area (Å²) in [7, 11) is 0. The third kappa shape index (κ3) is 3.25. The Labute approximate surface area is 114 Å². The van der Waals surface area contributed by atoms with Crippen LogP contribution in [0.5, 0.6) is 0 Å². The minimum atomic E-state index is -0.445. The first-order chi connectivity index (χ1) is 8.54. The summed E-state index contributed by atoms with van der Waals surface area (Å²) in [6, 6.07) is 5.34. The number of nitrogens with two attached hydrogens (primary N) is 1. The Morgan fingerprint density at radius 1 is 1.39 bits per heavy atom. The van der Waals surface area contributed by atoms with Gasteiger partial charge in [-0.3, -0.25) is 10.2 Å². The minimum absolute atomic E-state index is 0.0604. The normalized spacial score (nSPS) is 14.9. The van der Waals surface area contributed by atoms with Gasteiger partial charge in [-0.05, 0) is 17.7 Å². The number of carbonyl (C=O) groups excluding carboxylic acids is 1. The van der Waals surface area contributed by atoms with Crippen molar-refractivity contribution in [1.29, 1.82) is 0 Å². The summed E-state index contributed by atoms with van der Waals surface area (Å²) >= 11 is 11.7. The number of nitrogens with zero attached hydrogens (tertiary/aromatic N) is 2. The van der Waals surface area contributed by atoms with E-state index in [1.807, 2.05) is 6.07 Å². The van der Waals surface area contributed by atoms with Crippen LogP contribution in [0.4, 0.5) is 0 Å². The van der Waals surface area contributed by atoms with Crippen LogP contribution in [0.3, 0.4) is 0 Å². The molecule has 0 bridgehead atoms. The molecule has 1 aliphatic rings. The number of carbonyl (C=O) groups is 1. The van der Waals surface area contributed by atoms with Crippen LogP contribution in [0.1, 0.15) is 12.0 Å². The molecule has 1 aromatic rings. The molecule has 18 heavy (non-hydrogen) atoms. The van der Waals surface area contributed by atoms with Crippen molar-refractivity contribution in [2.75, 3.05) is 0 Å². The van der Waals surface area contributed by atoms with Gasteiger partial charge in [0.2, 0.25) is 5.91 Å². The van der Waals surface area contributed by atoms with Gasteiger partial charge in [-0.25, -0.2) is 5.53 Å². The third-order valence-corrected chi connectivity index (χ3v) is 2.98. The monoisotopic (exact) mass is 287 g/mol. The number of nitrogens with one attached hydrogen (secondary N) is 2. The van der Waals surface area contributed by atoms with E-state index in [0.717, 1.165) is 5.56 Å². The van der Waals surface area contributed by atoms with Gasteiger partial charge in [-0.1, -0.05) is 29.3 Å². The maximum Gasteiger partial charge on any atom is 0.225 e. The summed E-state index contributed by atoms with van der Waals surface area (Å²) in [6.07, 6.45) is 0.0604. The smallest absolute Gasteiger partial charge is 0.225 e. The molecule has 0 atom stereocenters. The molecule has 0 radical (unpaired) electrons. The van der Waals surface area contributed by atoms with Gasteiger partial charge < -0.3 is 5.73 Å². The first-order valence-corrected chi connectivity index (χ1v) is 5.89. The van der Waals surface area contributed by atoms with Crippen molar-refractivity contribution >= 4 is 34.9 Å². The zero-order valence-corrected chi connectivity index (χ0v) is 10.8. The fourth-order valence-electron chi connectivity index (χ4n) is 1.47. The molecule has 0 spiro atoms. The van der Waals surface area contributed by atoms with Crippen molar-refractivity contribution in [2.45, 2.75) is 13.0 Å². The van der Waals surface area contributed by atoms with Crippen LogP contribution in [0.15, 0.2) is 23.3 Å².